The van der Waals surface area contributed by atoms with Gasteiger partial charge in [-0.1, -0.05) is 15.9 Å². The minimum Gasteiger partial charge on any atom is -0.485 e. The molecular formula is C14H19BrN4O2. The lowest BCUT2D eigenvalue weighted by atomic mass is 10.2. The van der Waals surface area contributed by atoms with Crippen LogP contribution < -0.4 is 10.1 Å². The van der Waals surface area contributed by atoms with Gasteiger partial charge < -0.3 is 14.8 Å². The van der Waals surface area contributed by atoms with Crippen molar-refractivity contribution in [2.24, 2.45) is 7.05 Å². The zero-order chi connectivity index (χ0) is 15.1. The molecule has 1 N–H and O–H groups in total. The van der Waals surface area contributed by atoms with Crippen LogP contribution in [0.15, 0.2) is 29.0 Å². The first-order chi connectivity index (χ1) is 10.2. The van der Waals surface area contributed by atoms with Gasteiger partial charge in [-0.25, -0.2) is 4.98 Å². The fraction of sp³-hybridized carbons (Fsp3) is 0.429. The summed E-state index contributed by atoms with van der Waals surface area (Å²) in [5.74, 6) is 1.63. The summed E-state index contributed by atoms with van der Waals surface area (Å²) < 4.78 is 13.6. The smallest absolute Gasteiger partial charge is 0.164 e. The average molecular weight is 355 g/mol. The van der Waals surface area contributed by atoms with E-state index in [9.17, 15) is 0 Å². The van der Waals surface area contributed by atoms with E-state index in [-0.39, 0.29) is 0 Å². The van der Waals surface area contributed by atoms with Crippen molar-refractivity contribution in [1.29, 1.82) is 0 Å². The Hall–Kier alpha value is -1.44. The first-order valence-corrected chi connectivity index (χ1v) is 7.43. The standard InChI is InChI=1S/C14H19BrN4O2/c1-19-14(17-10-18-19)9-21-13-4-3-12(15)7-11(13)8-16-5-6-20-2/h3-4,7,10,16H,5-6,8-9H2,1-2H3. The summed E-state index contributed by atoms with van der Waals surface area (Å²) in [6.07, 6.45) is 1.52. The summed E-state index contributed by atoms with van der Waals surface area (Å²) in [6.45, 7) is 2.59. The number of aromatic nitrogens is 3. The zero-order valence-corrected chi connectivity index (χ0v) is 13.8. The number of nitrogens with zero attached hydrogens (tertiary/aromatic N) is 3. The quantitative estimate of drug-likeness (QED) is 0.733. The van der Waals surface area contributed by atoms with E-state index in [1.54, 1.807) is 11.8 Å². The van der Waals surface area contributed by atoms with Crippen LogP contribution in [0.25, 0.3) is 0 Å². The molecule has 6 nitrogen and oxygen atoms in total. The van der Waals surface area contributed by atoms with E-state index in [4.69, 9.17) is 9.47 Å². The van der Waals surface area contributed by atoms with Crippen molar-refractivity contribution in [2.45, 2.75) is 13.2 Å². The molecule has 0 bridgehead atoms. The van der Waals surface area contributed by atoms with Crippen LogP contribution in [-0.4, -0.2) is 35.0 Å². The monoisotopic (exact) mass is 354 g/mol. The van der Waals surface area contributed by atoms with Crippen molar-refractivity contribution in [1.82, 2.24) is 20.1 Å². The Morgan fingerprint density at radius 3 is 2.95 bits per heavy atom. The second-order valence-electron chi connectivity index (χ2n) is 4.51. The molecule has 0 atom stereocenters. The van der Waals surface area contributed by atoms with Gasteiger partial charge in [-0.15, -0.1) is 0 Å². The van der Waals surface area contributed by atoms with Gasteiger partial charge >= 0.3 is 0 Å². The van der Waals surface area contributed by atoms with Gasteiger partial charge in [-0.3, -0.25) is 4.68 Å². The predicted molar refractivity (Wildman–Crippen MR) is 83.1 cm³/mol. The van der Waals surface area contributed by atoms with Crippen molar-refractivity contribution >= 4 is 15.9 Å². The number of benzene rings is 1. The van der Waals surface area contributed by atoms with Gasteiger partial charge in [0.15, 0.2) is 5.82 Å². The molecule has 0 saturated carbocycles. The SMILES string of the molecule is COCCNCc1cc(Br)ccc1OCc1ncnn1C. The maximum Gasteiger partial charge on any atom is 0.164 e. The van der Waals surface area contributed by atoms with Crippen molar-refractivity contribution in [3.8, 4) is 5.75 Å². The number of rotatable bonds is 8. The van der Waals surface area contributed by atoms with Gasteiger partial charge in [-0.05, 0) is 18.2 Å². The number of hydrogen-bond acceptors (Lipinski definition) is 5. The number of ether oxygens (including phenoxy) is 2. The van der Waals surface area contributed by atoms with Crippen LogP contribution in [-0.2, 0) is 24.9 Å². The molecule has 0 fully saturated rings. The van der Waals surface area contributed by atoms with E-state index >= 15 is 0 Å². The summed E-state index contributed by atoms with van der Waals surface area (Å²) in [4.78, 5) is 4.15. The summed E-state index contributed by atoms with van der Waals surface area (Å²) in [6, 6.07) is 5.96. The lowest BCUT2D eigenvalue weighted by Crippen LogP contribution is -2.19. The van der Waals surface area contributed by atoms with Gasteiger partial charge in [0.05, 0.1) is 6.61 Å². The third kappa shape index (κ3) is 4.80. The lowest BCUT2D eigenvalue weighted by molar-refractivity contribution is 0.199. The Bertz CT molecular complexity index is 574. The van der Waals surface area contributed by atoms with Gasteiger partial charge in [0.2, 0.25) is 0 Å². The molecule has 2 rings (SSSR count). The zero-order valence-electron chi connectivity index (χ0n) is 12.2. The lowest BCUT2D eigenvalue weighted by Gasteiger charge is -2.12. The van der Waals surface area contributed by atoms with E-state index in [0.717, 1.165) is 34.7 Å². The molecular weight excluding hydrogens is 336 g/mol. The topological polar surface area (TPSA) is 61.2 Å². The number of aryl methyl sites for hydroxylation is 1. The van der Waals surface area contributed by atoms with Crippen LogP contribution in [0.2, 0.25) is 0 Å². The molecule has 114 valence electrons. The summed E-state index contributed by atoms with van der Waals surface area (Å²) in [7, 11) is 3.54. The largest absolute Gasteiger partial charge is 0.485 e. The Morgan fingerprint density at radius 2 is 2.24 bits per heavy atom. The van der Waals surface area contributed by atoms with Gasteiger partial charge in [0.25, 0.3) is 0 Å². The molecule has 0 amide bonds. The molecule has 1 aromatic heterocycles. The van der Waals surface area contributed by atoms with Crippen molar-refractivity contribution in [2.75, 3.05) is 20.3 Å². The molecule has 7 heteroatoms. The number of nitrogens with one attached hydrogen (secondary N) is 1. The molecule has 0 aliphatic rings. The maximum absolute atomic E-state index is 5.86. The van der Waals surface area contributed by atoms with Crippen molar-refractivity contribution in [3.05, 3.63) is 40.4 Å². The molecule has 0 unspecified atom stereocenters. The highest BCUT2D eigenvalue weighted by Crippen LogP contribution is 2.23. The van der Waals surface area contributed by atoms with E-state index < -0.39 is 0 Å². The van der Waals surface area contributed by atoms with E-state index in [1.807, 2.05) is 25.2 Å². The second kappa shape index (κ2) is 8.11. The van der Waals surface area contributed by atoms with Crippen LogP contribution in [0.4, 0.5) is 0 Å². The third-order valence-electron chi connectivity index (χ3n) is 2.98. The molecule has 0 radical (unpaired) electrons. The summed E-state index contributed by atoms with van der Waals surface area (Å²) >= 11 is 3.49. The molecule has 1 heterocycles. The van der Waals surface area contributed by atoms with Crippen LogP contribution in [0, 0.1) is 0 Å². The Morgan fingerprint density at radius 1 is 1.38 bits per heavy atom. The number of halogens is 1. The average Bonchev–Trinajstić information content (AvgIpc) is 2.88. The Labute approximate surface area is 132 Å². The highest BCUT2D eigenvalue weighted by atomic mass is 79.9. The molecule has 1 aromatic carbocycles. The molecule has 21 heavy (non-hydrogen) atoms. The molecule has 0 aliphatic heterocycles. The minimum atomic E-state index is 0.392. The van der Waals surface area contributed by atoms with E-state index in [1.165, 1.54) is 6.33 Å². The molecule has 2 aromatic rings. The highest BCUT2D eigenvalue weighted by Gasteiger charge is 2.07. The van der Waals surface area contributed by atoms with E-state index in [2.05, 4.69) is 31.3 Å². The van der Waals surface area contributed by atoms with Crippen LogP contribution >= 0.6 is 15.9 Å². The Kier molecular flexibility index (Phi) is 6.16. The van der Waals surface area contributed by atoms with Crippen molar-refractivity contribution in [3.63, 3.8) is 0 Å². The molecule has 0 saturated heterocycles. The van der Waals surface area contributed by atoms with Crippen LogP contribution in [0.3, 0.4) is 0 Å². The Balaban J connectivity index is 1.99. The number of hydrogen-bond donors (Lipinski definition) is 1. The molecule has 0 spiro atoms. The fourth-order valence-corrected chi connectivity index (χ4v) is 2.23. The predicted octanol–water partition coefficient (Wildman–Crippen LogP) is 1.89. The van der Waals surface area contributed by atoms with Crippen LogP contribution in [0.5, 0.6) is 5.75 Å². The van der Waals surface area contributed by atoms with E-state index in [0.29, 0.717) is 13.2 Å². The number of methoxy groups -OCH3 is 1. The van der Waals surface area contributed by atoms with Crippen molar-refractivity contribution < 1.29 is 9.47 Å². The summed E-state index contributed by atoms with van der Waals surface area (Å²) in [5.41, 5.74) is 1.09. The fourth-order valence-electron chi connectivity index (χ4n) is 1.82. The molecule has 0 aliphatic carbocycles. The second-order valence-corrected chi connectivity index (χ2v) is 5.43. The third-order valence-corrected chi connectivity index (χ3v) is 3.48. The maximum atomic E-state index is 5.86. The first-order valence-electron chi connectivity index (χ1n) is 6.64. The van der Waals surface area contributed by atoms with Gasteiger partial charge in [0.1, 0.15) is 18.7 Å². The minimum absolute atomic E-state index is 0.392. The summed E-state index contributed by atoms with van der Waals surface area (Å²) in [5, 5.41) is 7.34. The highest BCUT2D eigenvalue weighted by molar-refractivity contribution is 9.10. The normalized spacial score (nSPS) is 10.8. The van der Waals surface area contributed by atoms with Gasteiger partial charge in [0, 0.05) is 37.3 Å². The van der Waals surface area contributed by atoms with Crippen LogP contribution in [0.1, 0.15) is 11.4 Å². The first kappa shape index (κ1) is 15.9. The van der Waals surface area contributed by atoms with Gasteiger partial charge in [-0.2, -0.15) is 5.10 Å².